The van der Waals surface area contributed by atoms with Crippen molar-refractivity contribution in [3.8, 4) is 0 Å². The molecular weight excluding hydrogens is 178 g/mol. The van der Waals surface area contributed by atoms with Crippen molar-refractivity contribution in [1.82, 2.24) is 9.97 Å². The molecule has 78 valence electrons. The van der Waals surface area contributed by atoms with E-state index in [-0.39, 0.29) is 0 Å². The molecule has 0 aliphatic carbocycles. The molecular formula is C9H17N5. The summed E-state index contributed by atoms with van der Waals surface area (Å²) < 4.78 is 0. The first-order chi connectivity index (χ1) is 6.69. The Morgan fingerprint density at radius 2 is 1.79 bits per heavy atom. The van der Waals surface area contributed by atoms with Crippen LogP contribution < -0.4 is 16.4 Å². The third-order valence-corrected chi connectivity index (χ3v) is 1.82. The number of anilines is 3. The number of nitrogens with zero attached hydrogens (tertiary/aromatic N) is 2. The summed E-state index contributed by atoms with van der Waals surface area (Å²) in [6.07, 6.45) is 0. The highest BCUT2D eigenvalue weighted by atomic mass is 15.1. The minimum atomic E-state index is 0.619. The molecule has 5 nitrogen and oxygen atoms in total. The van der Waals surface area contributed by atoms with Gasteiger partial charge in [0.25, 0.3) is 0 Å². The molecule has 1 aromatic heterocycles. The van der Waals surface area contributed by atoms with E-state index in [9.17, 15) is 0 Å². The fourth-order valence-electron chi connectivity index (χ4n) is 1.12. The van der Waals surface area contributed by atoms with Gasteiger partial charge in [0.05, 0.1) is 11.4 Å². The summed E-state index contributed by atoms with van der Waals surface area (Å²) in [6, 6.07) is 0. The van der Waals surface area contributed by atoms with Crippen LogP contribution in [0.25, 0.3) is 0 Å². The van der Waals surface area contributed by atoms with E-state index in [1.165, 1.54) is 0 Å². The van der Waals surface area contributed by atoms with Crippen molar-refractivity contribution in [3.05, 3.63) is 5.69 Å². The molecule has 0 atom stereocenters. The monoisotopic (exact) mass is 195 g/mol. The molecule has 0 unspecified atom stereocenters. The highest BCUT2D eigenvalue weighted by Crippen LogP contribution is 2.19. The van der Waals surface area contributed by atoms with E-state index in [1.54, 1.807) is 0 Å². The molecule has 0 saturated carbocycles. The molecule has 0 bridgehead atoms. The van der Waals surface area contributed by atoms with E-state index in [0.29, 0.717) is 17.5 Å². The van der Waals surface area contributed by atoms with E-state index in [0.717, 1.165) is 18.8 Å². The SMILES string of the molecule is CCNc1nc(C)c(N)c(NCC)n1. The first-order valence-corrected chi connectivity index (χ1v) is 4.80. The number of nitrogen functional groups attached to an aromatic ring is 1. The lowest BCUT2D eigenvalue weighted by molar-refractivity contribution is 1.04. The standard InChI is InChI=1S/C9H17N5/c1-4-11-8-7(10)6(3)13-9(14-8)12-5-2/h4-5,10H2,1-3H3,(H2,11,12,13,14). The Kier molecular flexibility index (Phi) is 3.50. The van der Waals surface area contributed by atoms with Crippen molar-refractivity contribution >= 4 is 17.5 Å². The second kappa shape index (κ2) is 4.64. The maximum atomic E-state index is 5.82. The molecule has 0 fully saturated rings. The summed E-state index contributed by atoms with van der Waals surface area (Å²) in [4.78, 5) is 8.47. The maximum absolute atomic E-state index is 5.82. The van der Waals surface area contributed by atoms with Crippen molar-refractivity contribution in [1.29, 1.82) is 0 Å². The minimum absolute atomic E-state index is 0.619. The van der Waals surface area contributed by atoms with Gasteiger partial charge in [0.2, 0.25) is 5.95 Å². The Hall–Kier alpha value is -1.52. The third kappa shape index (κ3) is 2.25. The lowest BCUT2D eigenvalue weighted by atomic mass is 10.3. The summed E-state index contributed by atoms with van der Waals surface area (Å²) in [5.74, 6) is 1.33. The number of rotatable bonds is 4. The molecule has 0 saturated heterocycles. The lowest BCUT2D eigenvalue weighted by Gasteiger charge is -2.10. The topological polar surface area (TPSA) is 75.9 Å². The largest absolute Gasteiger partial charge is 0.394 e. The molecule has 1 aromatic rings. The van der Waals surface area contributed by atoms with Crippen LogP contribution in [0.5, 0.6) is 0 Å². The third-order valence-electron chi connectivity index (χ3n) is 1.82. The summed E-state index contributed by atoms with van der Waals surface area (Å²) >= 11 is 0. The van der Waals surface area contributed by atoms with Gasteiger partial charge in [-0.25, -0.2) is 4.98 Å². The number of nitrogens with one attached hydrogen (secondary N) is 2. The zero-order chi connectivity index (χ0) is 10.6. The van der Waals surface area contributed by atoms with Crippen molar-refractivity contribution in [3.63, 3.8) is 0 Å². The predicted octanol–water partition coefficient (Wildman–Crippen LogP) is 1.23. The second-order valence-electron chi connectivity index (χ2n) is 2.96. The molecule has 4 N–H and O–H groups in total. The van der Waals surface area contributed by atoms with Crippen molar-refractivity contribution in [2.24, 2.45) is 0 Å². The first-order valence-electron chi connectivity index (χ1n) is 4.80. The van der Waals surface area contributed by atoms with Crippen LogP contribution in [0.3, 0.4) is 0 Å². The highest BCUT2D eigenvalue weighted by Gasteiger charge is 2.06. The van der Waals surface area contributed by atoms with Crippen LogP contribution >= 0.6 is 0 Å². The van der Waals surface area contributed by atoms with Gasteiger partial charge in [-0.05, 0) is 20.8 Å². The number of hydrogen-bond acceptors (Lipinski definition) is 5. The first kappa shape index (κ1) is 10.6. The molecule has 0 amide bonds. The van der Waals surface area contributed by atoms with Gasteiger partial charge in [-0.3, -0.25) is 0 Å². The van der Waals surface area contributed by atoms with Crippen LogP contribution in [0.15, 0.2) is 0 Å². The van der Waals surface area contributed by atoms with Crippen molar-refractivity contribution in [2.75, 3.05) is 29.5 Å². The van der Waals surface area contributed by atoms with Crippen LogP contribution in [0.1, 0.15) is 19.5 Å². The molecule has 14 heavy (non-hydrogen) atoms. The van der Waals surface area contributed by atoms with E-state index in [4.69, 9.17) is 5.73 Å². The average Bonchev–Trinajstić information content (AvgIpc) is 2.14. The van der Waals surface area contributed by atoms with Crippen LogP contribution in [0.2, 0.25) is 0 Å². The van der Waals surface area contributed by atoms with E-state index < -0.39 is 0 Å². The molecule has 0 aliphatic heterocycles. The second-order valence-corrected chi connectivity index (χ2v) is 2.96. The summed E-state index contributed by atoms with van der Waals surface area (Å²) in [7, 11) is 0. The van der Waals surface area contributed by atoms with Gasteiger partial charge in [-0.1, -0.05) is 0 Å². The summed E-state index contributed by atoms with van der Waals surface area (Å²) in [5.41, 5.74) is 7.24. The predicted molar refractivity (Wildman–Crippen MR) is 59.5 cm³/mol. The van der Waals surface area contributed by atoms with Gasteiger partial charge in [-0.15, -0.1) is 0 Å². The molecule has 0 aliphatic rings. The smallest absolute Gasteiger partial charge is 0.224 e. The van der Waals surface area contributed by atoms with Gasteiger partial charge in [0.15, 0.2) is 5.82 Å². The Bertz CT molecular complexity index is 310. The fraction of sp³-hybridized carbons (Fsp3) is 0.556. The maximum Gasteiger partial charge on any atom is 0.224 e. The van der Waals surface area contributed by atoms with Crippen molar-refractivity contribution < 1.29 is 0 Å². The van der Waals surface area contributed by atoms with Crippen LogP contribution in [0.4, 0.5) is 17.5 Å². The molecule has 1 rings (SSSR count). The highest BCUT2D eigenvalue weighted by molar-refractivity contribution is 5.65. The normalized spacial score (nSPS) is 9.93. The number of aromatic nitrogens is 2. The van der Waals surface area contributed by atoms with Gasteiger partial charge in [0, 0.05) is 13.1 Å². The quantitative estimate of drug-likeness (QED) is 0.673. The van der Waals surface area contributed by atoms with Gasteiger partial charge < -0.3 is 16.4 Å². The number of hydrogen-bond donors (Lipinski definition) is 3. The van der Waals surface area contributed by atoms with E-state index >= 15 is 0 Å². The zero-order valence-corrected chi connectivity index (χ0v) is 8.89. The Labute approximate surface area is 84.1 Å². The summed E-state index contributed by atoms with van der Waals surface area (Å²) in [5, 5.41) is 6.16. The minimum Gasteiger partial charge on any atom is -0.394 e. The van der Waals surface area contributed by atoms with E-state index in [2.05, 4.69) is 20.6 Å². The van der Waals surface area contributed by atoms with Crippen LogP contribution in [0, 0.1) is 6.92 Å². The molecule has 5 heteroatoms. The molecule has 0 spiro atoms. The van der Waals surface area contributed by atoms with E-state index in [1.807, 2.05) is 20.8 Å². The Morgan fingerprint density at radius 1 is 1.14 bits per heavy atom. The molecule has 0 radical (unpaired) electrons. The van der Waals surface area contributed by atoms with Gasteiger partial charge in [-0.2, -0.15) is 4.98 Å². The van der Waals surface area contributed by atoms with Gasteiger partial charge >= 0.3 is 0 Å². The number of aryl methyl sites for hydroxylation is 1. The Balaban J connectivity index is 3.01. The van der Waals surface area contributed by atoms with Crippen LogP contribution in [-0.4, -0.2) is 23.1 Å². The molecule has 1 heterocycles. The number of nitrogens with two attached hydrogens (primary N) is 1. The lowest BCUT2D eigenvalue weighted by Crippen LogP contribution is -2.10. The fourth-order valence-corrected chi connectivity index (χ4v) is 1.12. The zero-order valence-electron chi connectivity index (χ0n) is 8.89. The summed E-state index contributed by atoms with van der Waals surface area (Å²) in [6.45, 7) is 7.48. The average molecular weight is 195 g/mol. The Morgan fingerprint density at radius 3 is 2.36 bits per heavy atom. The van der Waals surface area contributed by atoms with Crippen molar-refractivity contribution in [2.45, 2.75) is 20.8 Å². The molecule has 0 aromatic carbocycles. The van der Waals surface area contributed by atoms with Gasteiger partial charge in [0.1, 0.15) is 0 Å². The van der Waals surface area contributed by atoms with Crippen LogP contribution in [-0.2, 0) is 0 Å².